The quantitative estimate of drug-likeness (QED) is 0.136. The van der Waals surface area contributed by atoms with Crippen molar-refractivity contribution in [1.82, 2.24) is 4.57 Å². The first-order chi connectivity index (χ1) is 23.2. The second-order valence-electron chi connectivity index (χ2n) is 12.4. The molecule has 47 heavy (non-hydrogen) atoms. The summed E-state index contributed by atoms with van der Waals surface area (Å²) in [6, 6.07) is 54.2. The minimum absolute atomic E-state index is 0.620. The van der Waals surface area contributed by atoms with Gasteiger partial charge in [-0.2, -0.15) is 0 Å². The Morgan fingerprint density at radius 3 is 1.91 bits per heavy atom. The van der Waals surface area contributed by atoms with E-state index in [0.29, 0.717) is 5.92 Å². The number of rotatable bonds is 12. The van der Waals surface area contributed by atoms with Crippen LogP contribution in [0.4, 0.5) is 17.1 Å². The maximum absolute atomic E-state index is 6.20. The largest absolute Gasteiger partial charge is 0.493 e. The summed E-state index contributed by atoms with van der Waals surface area (Å²) in [5.41, 5.74) is 9.27. The van der Waals surface area contributed by atoms with E-state index >= 15 is 0 Å². The molecule has 0 N–H and O–H groups in total. The maximum Gasteiger partial charge on any atom is 0.119 e. The van der Waals surface area contributed by atoms with Crippen molar-refractivity contribution in [2.75, 3.05) is 11.5 Å². The molecule has 1 aromatic heterocycles. The molecule has 1 heterocycles. The second-order valence-corrected chi connectivity index (χ2v) is 12.4. The number of nitrogens with zero attached hydrogens (tertiary/aromatic N) is 2. The van der Waals surface area contributed by atoms with E-state index in [-0.39, 0.29) is 0 Å². The predicted molar refractivity (Wildman–Crippen MR) is 200 cm³/mol. The van der Waals surface area contributed by atoms with Gasteiger partial charge >= 0.3 is 0 Å². The first-order valence-electron chi connectivity index (χ1n) is 17.0. The van der Waals surface area contributed by atoms with Crippen molar-refractivity contribution in [3.05, 3.63) is 152 Å². The van der Waals surface area contributed by atoms with Gasteiger partial charge in [0.1, 0.15) is 5.75 Å². The Morgan fingerprint density at radius 2 is 1.21 bits per heavy atom. The Labute approximate surface area is 278 Å². The van der Waals surface area contributed by atoms with Gasteiger partial charge in [0, 0.05) is 33.5 Å². The number of fused-ring (bicyclic) bond motifs is 3. The monoisotopic (exact) mass is 614 g/mol. The molecule has 0 radical (unpaired) electrons. The number of hydrogen-bond donors (Lipinski definition) is 0. The fourth-order valence-corrected chi connectivity index (χ4v) is 6.66. The molecule has 0 aliphatic rings. The first kappa shape index (κ1) is 30.4. The molecule has 234 valence electrons. The molecule has 6 aromatic carbocycles. The zero-order valence-corrected chi connectivity index (χ0v) is 27.3. The molecule has 0 saturated carbocycles. The minimum Gasteiger partial charge on any atom is -0.493 e. The van der Waals surface area contributed by atoms with Gasteiger partial charge in [-0.1, -0.05) is 112 Å². The summed E-state index contributed by atoms with van der Waals surface area (Å²) in [7, 11) is 0. The highest BCUT2D eigenvalue weighted by molar-refractivity contribution is 6.10. The lowest BCUT2D eigenvalue weighted by Crippen LogP contribution is -2.11. The fourth-order valence-electron chi connectivity index (χ4n) is 6.66. The van der Waals surface area contributed by atoms with E-state index in [1.165, 1.54) is 52.2 Å². The van der Waals surface area contributed by atoms with Gasteiger partial charge in [-0.25, -0.2) is 0 Å². The molecule has 0 bridgehead atoms. The van der Waals surface area contributed by atoms with E-state index in [0.717, 1.165) is 41.5 Å². The van der Waals surface area contributed by atoms with Crippen LogP contribution in [0.5, 0.6) is 5.75 Å². The van der Waals surface area contributed by atoms with Crippen molar-refractivity contribution in [3.8, 4) is 22.6 Å². The topological polar surface area (TPSA) is 17.4 Å². The number of unbranched alkanes of at least 4 members (excludes halogenated alkanes) is 1. The van der Waals surface area contributed by atoms with Crippen molar-refractivity contribution in [1.29, 1.82) is 0 Å². The highest BCUT2D eigenvalue weighted by atomic mass is 16.5. The number of anilines is 3. The zero-order valence-electron chi connectivity index (χ0n) is 27.3. The third kappa shape index (κ3) is 6.39. The lowest BCUT2D eigenvalue weighted by molar-refractivity contribution is 0.233. The molecule has 7 aromatic rings. The van der Waals surface area contributed by atoms with E-state index in [1.54, 1.807) is 0 Å². The van der Waals surface area contributed by atoms with E-state index in [2.05, 4.69) is 175 Å². The molecule has 0 spiro atoms. The Bertz CT molecular complexity index is 2020. The molecule has 0 amide bonds. The molecule has 3 nitrogen and oxygen atoms in total. The zero-order chi connectivity index (χ0) is 32.0. The van der Waals surface area contributed by atoms with E-state index < -0.39 is 0 Å². The SMILES string of the molecule is CCCCC(CC)COc1ccc(-c2ccc3c(c2)c2ccccc2n3-c2cccc(N(c3ccccc3)c3ccccc3)c2)cc1. The molecule has 1 atom stereocenters. The molecule has 0 fully saturated rings. The summed E-state index contributed by atoms with van der Waals surface area (Å²) in [5.74, 6) is 1.57. The lowest BCUT2D eigenvalue weighted by Gasteiger charge is -2.26. The number of hydrogen-bond acceptors (Lipinski definition) is 2. The van der Waals surface area contributed by atoms with Crippen LogP contribution in [0.3, 0.4) is 0 Å². The molecule has 3 heteroatoms. The molecule has 0 aliphatic carbocycles. The number of ether oxygens (including phenoxy) is 1. The van der Waals surface area contributed by atoms with Crippen molar-refractivity contribution >= 4 is 38.9 Å². The van der Waals surface area contributed by atoms with Crippen LogP contribution in [-0.4, -0.2) is 11.2 Å². The molecule has 0 saturated heterocycles. The summed E-state index contributed by atoms with van der Waals surface area (Å²) >= 11 is 0. The third-order valence-electron chi connectivity index (χ3n) is 9.26. The van der Waals surface area contributed by atoms with Crippen molar-refractivity contribution < 1.29 is 4.74 Å². The first-order valence-corrected chi connectivity index (χ1v) is 17.0. The van der Waals surface area contributed by atoms with Gasteiger partial charge in [0.2, 0.25) is 0 Å². The van der Waals surface area contributed by atoms with Gasteiger partial charge in [-0.15, -0.1) is 0 Å². The van der Waals surface area contributed by atoms with Crippen LogP contribution in [-0.2, 0) is 0 Å². The van der Waals surface area contributed by atoms with Crippen LogP contribution in [0.1, 0.15) is 39.5 Å². The van der Waals surface area contributed by atoms with Gasteiger partial charge in [0.15, 0.2) is 0 Å². The average Bonchev–Trinajstić information content (AvgIpc) is 3.47. The average molecular weight is 615 g/mol. The van der Waals surface area contributed by atoms with Crippen molar-refractivity contribution in [3.63, 3.8) is 0 Å². The van der Waals surface area contributed by atoms with Crippen LogP contribution in [0, 0.1) is 5.92 Å². The lowest BCUT2D eigenvalue weighted by atomic mass is 10.0. The smallest absolute Gasteiger partial charge is 0.119 e. The molecule has 0 aliphatic heterocycles. The summed E-state index contributed by atoms with van der Waals surface area (Å²) < 4.78 is 8.60. The van der Waals surface area contributed by atoms with Gasteiger partial charge < -0.3 is 14.2 Å². The number of benzene rings is 6. The summed E-state index contributed by atoms with van der Waals surface area (Å²) in [4.78, 5) is 2.32. The van der Waals surface area contributed by atoms with Crippen molar-refractivity contribution in [2.45, 2.75) is 39.5 Å². The number of aromatic nitrogens is 1. The van der Waals surface area contributed by atoms with Crippen LogP contribution in [0.2, 0.25) is 0 Å². The third-order valence-corrected chi connectivity index (χ3v) is 9.26. The fraction of sp³-hybridized carbons (Fsp3) is 0.182. The van der Waals surface area contributed by atoms with Crippen molar-refractivity contribution in [2.24, 2.45) is 5.92 Å². The Kier molecular flexibility index (Phi) is 9.05. The number of para-hydroxylation sites is 3. The normalized spacial score (nSPS) is 12.0. The molecular formula is C44H42N2O. The maximum atomic E-state index is 6.20. The molecular weight excluding hydrogens is 572 g/mol. The Hall–Kier alpha value is -5.28. The predicted octanol–water partition coefficient (Wildman–Crippen LogP) is 12.5. The second kappa shape index (κ2) is 14.0. The summed E-state index contributed by atoms with van der Waals surface area (Å²) in [6.45, 7) is 5.31. The van der Waals surface area contributed by atoms with Crippen LogP contribution in [0.15, 0.2) is 152 Å². The minimum atomic E-state index is 0.620. The van der Waals surface area contributed by atoms with E-state index in [4.69, 9.17) is 4.74 Å². The standard InChI is InChI=1S/C44H42N2O/c1-3-5-15-33(4-2)32-47-40-27-24-34(25-28-40)35-26-29-44-42(30-35)41-22-12-13-23-43(41)46(44)39-21-14-20-38(31-39)45(36-16-8-6-9-17-36)37-18-10-7-11-19-37/h6-14,16-31,33H,3-5,15,32H2,1-2H3. The van der Waals surface area contributed by atoms with E-state index in [9.17, 15) is 0 Å². The molecule has 1 unspecified atom stereocenters. The summed E-state index contributed by atoms with van der Waals surface area (Å²) in [5, 5.41) is 2.49. The van der Waals surface area contributed by atoms with E-state index in [1.807, 2.05) is 0 Å². The Morgan fingerprint density at radius 1 is 0.574 bits per heavy atom. The highest BCUT2D eigenvalue weighted by Crippen LogP contribution is 2.38. The Balaban J connectivity index is 1.24. The van der Waals surface area contributed by atoms with Crippen LogP contribution in [0.25, 0.3) is 38.6 Å². The highest BCUT2D eigenvalue weighted by Gasteiger charge is 2.17. The van der Waals surface area contributed by atoms with Crippen LogP contribution < -0.4 is 9.64 Å². The van der Waals surface area contributed by atoms with Gasteiger partial charge in [-0.3, -0.25) is 0 Å². The van der Waals surface area contributed by atoms with Gasteiger partial charge in [0.05, 0.1) is 17.6 Å². The molecule has 7 rings (SSSR count). The van der Waals surface area contributed by atoms with Crippen LogP contribution >= 0.6 is 0 Å². The summed E-state index contributed by atoms with van der Waals surface area (Å²) in [6.07, 6.45) is 4.91. The van der Waals surface area contributed by atoms with Gasteiger partial charge in [-0.05, 0) is 96.3 Å². The van der Waals surface area contributed by atoms with Gasteiger partial charge in [0.25, 0.3) is 0 Å².